The van der Waals surface area contributed by atoms with Crippen LogP contribution in [0, 0.1) is 11.8 Å². The molecule has 2 aliphatic rings. The fourth-order valence-corrected chi connectivity index (χ4v) is 4.90. The molecule has 4 rings (SSSR count). The Morgan fingerprint density at radius 3 is 2.56 bits per heavy atom. The van der Waals surface area contributed by atoms with E-state index in [1.165, 1.54) is 26.0 Å². The minimum atomic E-state index is -4.14. The topological polar surface area (TPSA) is 54.9 Å². The van der Waals surface area contributed by atoms with E-state index >= 15 is 0 Å². The number of amides is 1. The largest absolute Gasteiger partial charge is 0.391 e. The Labute approximate surface area is 159 Å². The summed E-state index contributed by atoms with van der Waals surface area (Å²) >= 11 is 1.59. The van der Waals surface area contributed by atoms with Crippen LogP contribution < -0.4 is 5.32 Å². The molecule has 0 spiro atoms. The number of carbonyl (C=O) groups is 1. The maximum atomic E-state index is 12.9. The van der Waals surface area contributed by atoms with Crippen molar-refractivity contribution >= 4 is 27.6 Å². The van der Waals surface area contributed by atoms with Crippen molar-refractivity contribution in [1.82, 2.24) is 15.3 Å². The molecule has 2 aromatic rings. The van der Waals surface area contributed by atoms with Gasteiger partial charge in [0.2, 0.25) is 0 Å². The molecular weight excluding hydrogens is 375 g/mol. The maximum Gasteiger partial charge on any atom is 0.391 e. The van der Waals surface area contributed by atoms with E-state index in [1.807, 2.05) is 6.07 Å². The fraction of sp³-hybridized carbons (Fsp3) is 0.632. The molecule has 27 heavy (non-hydrogen) atoms. The highest BCUT2D eigenvalue weighted by Crippen LogP contribution is 2.43. The van der Waals surface area contributed by atoms with Gasteiger partial charge in [0.25, 0.3) is 5.91 Å². The predicted octanol–water partition coefficient (Wildman–Crippen LogP) is 5.06. The number of hydrogen-bond acceptors (Lipinski definition) is 4. The summed E-state index contributed by atoms with van der Waals surface area (Å²) in [5, 5.41) is 4.05. The Kier molecular flexibility index (Phi) is 4.86. The molecular formula is C19H22F3N3OS. The van der Waals surface area contributed by atoms with Crippen LogP contribution in [-0.2, 0) is 0 Å². The number of carbonyl (C=O) groups excluding carboxylic acids is 1. The molecule has 2 fully saturated rings. The number of fused-ring (bicyclic) bond motifs is 1. The van der Waals surface area contributed by atoms with Crippen LogP contribution in [0.5, 0.6) is 0 Å². The van der Waals surface area contributed by atoms with Crippen molar-refractivity contribution in [3.05, 3.63) is 22.8 Å². The Bertz CT molecular complexity index is 838. The molecule has 2 heterocycles. The van der Waals surface area contributed by atoms with Gasteiger partial charge in [-0.2, -0.15) is 13.2 Å². The third-order valence-electron chi connectivity index (χ3n) is 5.78. The van der Waals surface area contributed by atoms with Crippen molar-refractivity contribution < 1.29 is 18.0 Å². The Balaban J connectivity index is 1.36. The average molecular weight is 397 g/mol. The highest BCUT2D eigenvalue weighted by atomic mass is 32.1. The van der Waals surface area contributed by atoms with Crippen LogP contribution in [0.3, 0.4) is 0 Å². The second-order valence-corrected chi connectivity index (χ2v) is 8.85. The lowest BCUT2D eigenvalue weighted by Gasteiger charge is -2.33. The summed E-state index contributed by atoms with van der Waals surface area (Å²) in [6, 6.07) is 1.74. The number of thiazole rings is 1. The van der Waals surface area contributed by atoms with E-state index in [0.29, 0.717) is 42.8 Å². The van der Waals surface area contributed by atoms with Crippen molar-refractivity contribution in [3.8, 4) is 0 Å². The van der Waals surface area contributed by atoms with Crippen LogP contribution in [0.2, 0.25) is 0 Å². The van der Waals surface area contributed by atoms with Crippen LogP contribution in [-0.4, -0.2) is 28.1 Å². The minimum absolute atomic E-state index is 0.0756. The molecule has 8 heteroatoms. The van der Waals surface area contributed by atoms with E-state index in [-0.39, 0.29) is 17.9 Å². The first-order valence-electron chi connectivity index (χ1n) is 9.45. The molecule has 0 bridgehead atoms. The van der Waals surface area contributed by atoms with E-state index in [1.54, 1.807) is 11.3 Å². The van der Waals surface area contributed by atoms with Crippen LogP contribution in [0.4, 0.5) is 13.2 Å². The SMILES string of the molecule is CC([C@H]1CC[C@H](NC(=O)c2cnc3nc(C4CC4)sc3c2)CC1)C(F)(F)F. The third-order valence-corrected chi connectivity index (χ3v) is 6.94. The maximum absolute atomic E-state index is 12.9. The predicted molar refractivity (Wildman–Crippen MR) is 97.8 cm³/mol. The molecule has 146 valence electrons. The molecule has 0 aromatic carbocycles. The van der Waals surface area contributed by atoms with Gasteiger partial charge in [0.1, 0.15) is 0 Å². The quantitative estimate of drug-likeness (QED) is 0.785. The molecule has 2 aliphatic carbocycles. The third kappa shape index (κ3) is 4.10. The Hall–Kier alpha value is -1.70. The molecule has 0 aliphatic heterocycles. The molecule has 0 saturated heterocycles. The number of nitrogens with zero attached hydrogens (tertiary/aromatic N) is 2. The first-order valence-corrected chi connectivity index (χ1v) is 10.3. The van der Waals surface area contributed by atoms with Crippen molar-refractivity contribution in [2.75, 3.05) is 0 Å². The zero-order valence-electron chi connectivity index (χ0n) is 15.1. The van der Waals surface area contributed by atoms with Gasteiger partial charge in [-0.3, -0.25) is 4.79 Å². The van der Waals surface area contributed by atoms with Crippen LogP contribution in [0.1, 0.15) is 66.7 Å². The van der Waals surface area contributed by atoms with Crippen LogP contribution in [0.15, 0.2) is 12.3 Å². The van der Waals surface area contributed by atoms with Crippen molar-refractivity contribution in [2.24, 2.45) is 11.8 Å². The monoisotopic (exact) mass is 397 g/mol. The Morgan fingerprint density at radius 2 is 1.93 bits per heavy atom. The van der Waals surface area contributed by atoms with Gasteiger partial charge < -0.3 is 5.32 Å². The molecule has 1 amide bonds. The zero-order valence-corrected chi connectivity index (χ0v) is 15.9. The van der Waals surface area contributed by atoms with Gasteiger partial charge >= 0.3 is 6.18 Å². The number of rotatable bonds is 4. The minimum Gasteiger partial charge on any atom is -0.349 e. The number of aromatic nitrogens is 2. The lowest BCUT2D eigenvalue weighted by Crippen LogP contribution is -2.40. The molecule has 4 nitrogen and oxygen atoms in total. The summed E-state index contributed by atoms with van der Waals surface area (Å²) < 4.78 is 39.5. The zero-order chi connectivity index (χ0) is 19.2. The second-order valence-electron chi connectivity index (χ2n) is 7.79. The first-order chi connectivity index (χ1) is 12.8. The van der Waals surface area contributed by atoms with Crippen molar-refractivity contribution in [1.29, 1.82) is 0 Å². The fourth-order valence-electron chi connectivity index (χ4n) is 3.76. The van der Waals surface area contributed by atoms with Gasteiger partial charge in [0.15, 0.2) is 5.65 Å². The van der Waals surface area contributed by atoms with Gasteiger partial charge in [0, 0.05) is 18.2 Å². The van der Waals surface area contributed by atoms with Gasteiger partial charge in [-0.15, -0.1) is 11.3 Å². The molecule has 1 N–H and O–H groups in total. The number of hydrogen-bond donors (Lipinski definition) is 1. The van der Waals surface area contributed by atoms with E-state index in [4.69, 9.17) is 0 Å². The van der Waals surface area contributed by atoms with Gasteiger partial charge in [-0.25, -0.2) is 9.97 Å². The van der Waals surface area contributed by atoms with Crippen molar-refractivity contribution in [2.45, 2.75) is 63.6 Å². The normalized spacial score (nSPS) is 24.7. The summed E-state index contributed by atoms with van der Waals surface area (Å²) in [4.78, 5) is 21.4. The van der Waals surface area contributed by atoms with Crippen molar-refractivity contribution in [3.63, 3.8) is 0 Å². The summed E-state index contributed by atoms with van der Waals surface area (Å²) in [6.07, 6.45) is 1.87. The summed E-state index contributed by atoms with van der Waals surface area (Å²) in [6.45, 7) is 1.26. The summed E-state index contributed by atoms with van der Waals surface area (Å²) in [5.41, 5.74) is 1.17. The second kappa shape index (κ2) is 7.04. The molecule has 1 atom stereocenters. The number of pyridine rings is 1. The highest BCUT2D eigenvalue weighted by Gasteiger charge is 2.42. The lowest BCUT2D eigenvalue weighted by molar-refractivity contribution is -0.186. The Morgan fingerprint density at radius 1 is 1.22 bits per heavy atom. The smallest absolute Gasteiger partial charge is 0.349 e. The first kappa shape index (κ1) is 18.7. The molecule has 2 aromatic heterocycles. The lowest BCUT2D eigenvalue weighted by atomic mass is 9.78. The molecule has 0 radical (unpaired) electrons. The van der Waals surface area contributed by atoms with Gasteiger partial charge in [0.05, 0.1) is 21.2 Å². The number of nitrogens with one attached hydrogen (secondary N) is 1. The van der Waals surface area contributed by atoms with Crippen LogP contribution >= 0.6 is 11.3 Å². The van der Waals surface area contributed by atoms with E-state index in [9.17, 15) is 18.0 Å². The average Bonchev–Trinajstić information content (AvgIpc) is 3.39. The summed E-state index contributed by atoms with van der Waals surface area (Å²) in [5.74, 6) is -1.30. The molecule has 2 saturated carbocycles. The number of alkyl halides is 3. The van der Waals surface area contributed by atoms with E-state index < -0.39 is 12.1 Å². The van der Waals surface area contributed by atoms with Gasteiger partial charge in [-0.1, -0.05) is 6.92 Å². The number of halogens is 3. The standard InChI is InChI=1S/C19H22F3N3OS/c1-10(19(20,21)22)11-4-6-14(7-5-11)24-17(26)13-8-15-16(23-9-13)25-18(27-15)12-2-3-12/h8-12,14H,2-7H2,1H3,(H,24,26)/t10?,11-,14-. The van der Waals surface area contributed by atoms with Crippen LogP contribution in [0.25, 0.3) is 10.3 Å². The van der Waals surface area contributed by atoms with Gasteiger partial charge in [-0.05, 0) is 50.5 Å². The molecule has 1 unspecified atom stereocenters. The van der Waals surface area contributed by atoms with E-state index in [2.05, 4.69) is 15.3 Å². The highest BCUT2D eigenvalue weighted by molar-refractivity contribution is 7.18. The van der Waals surface area contributed by atoms with E-state index in [0.717, 1.165) is 9.71 Å². The summed E-state index contributed by atoms with van der Waals surface area (Å²) in [7, 11) is 0.